The smallest absolute Gasteiger partial charge is 0.341 e. The molecule has 6 nitrogen and oxygen atoms in total. The van der Waals surface area contributed by atoms with Crippen molar-refractivity contribution in [1.82, 2.24) is 0 Å². The zero-order valence-electron chi connectivity index (χ0n) is 20.1. The summed E-state index contributed by atoms with van der Waals surface area (Å²) in [6.07, 6.45) is 8.81. The highest BCUT2D eigenvalue weighted by atomic mass is 16.6. The summed E-state index contributed by atoms with van der Waals surface area (Å²) in [6, 6.07) is 5.78. The number of hydrogen-bond acceptors (Lipinski definition) is 6. The van der Waals surface area contributed by atoms with Gasteiger partial charge in [-0.05, 0) is 57.9 Å². The topological polar surface area (TPSA) is 63.2 Å². The molecule has 1 atom stereocenters. The van der Waals surface area contributed by atoms with E-state index in [2.05, 4.69) is 0 Å². The molecule has 0 saturated heterocycles. The summed E-state index contributed by atoms with van der Waals surface area (Å²) in [5, 5.41) is 0. The zero-order valence-corrected chi connectivity index (χ0v) is 20.1. The van der Waals surface area contributed by atoms with Crippen LogP contribution in [-0.4, -0.2) is 45.1 Å². The van der Waals surface area contributed by atoms with Crippen LogP contribution >= 0.6 is 0 Å². The van der Waals surface area contributed by atoms with Crippen molar-refractivity contribution in [2.24, 2.45) is 0 Å². The van der Waals surface area contributed by atoms with Crippen LogP contribution in [-0.2, 0) is 19.0 Å². The minimum Gasteiger partial charge on any atom is -0.503 e. The molecule has 1 aromatic rings. The van der Waals surface area contributed by atoms with Gasteiger partial charge in [0.15, 0.2) is 11.5 Å². The van der Waals surface area contributed by atoms with Gasteiger partial charge in [0.25, 0.3) is 0 Å². The van der Waals surface area contributed by atoms with E-state index in [1.165, 1.54) is 26.1 Å². The van der Waals surface area contributed by atoms with E-state index in [-0.39, 0.29) is 6.10 Å². The Kier molecular flexibility index (Phi) is 9.14. The molecule has 0 fully saturated rings. The molecule has 0 aliphatic carbocycles. The van der Waals surface area contributed by atoms with Gasteiger partial charge < -0.3 is 23.7 Å². The molecule has 0 bridgehead atoms. The highest BCUT2D eigenvalue weighted by Crippen LogP contribution is 2.36. The summed E-state index contributed by atoms with van der Waals surface area (Å²) in [5.41, 5.74) is 2.67. The minimum atomic E-state index is -0.556. The first-order valence-electron chi connectivity index (χ1n) is 10.6. The van der Waals surface area contributed by atoms with E-state index in [0.29, 0.717) is 30.3 Å². The van der Waals surface area contributed by atoms with Crippen molar-refractivity contribution in [2.75, 3.05) is 27.4 Å². The van der Waals surface area contributed by atoms with Gasteiger partial charge in [0.1, 0.15) is 18.3 Å². The molecule has 0 aromatic heterocycles. The lowest BCUT2D eigenvalue weighted by Gasteiger charge is -2.31. The Morgan fingerprint density at radius 1 is 1.19 bits per heavy atom. The Morgan fingerprint density at radius 2 is 1.94 bits per heavy atom. The molecule has 1 aliphatic heterocycles. The SMILES string of the molecule is CO\C=C(C(=O)OC)/C(C)=C/C=C/c1ccc2c(c1)OC(C)(C)C(OCC=C(C)C)CO2. The highest BCUT2D eigenvalue weighted by Gasteiger charge is 2.36. The van der Waals surface area contributed by atoms with Crippen molar-refractivity contribution < 1.29 is 28.5 Å². The maximum atomic E-state index is 11.9. The molecular weight excluding hydrogens is 408 g/mol. The number of allylic oxidation sites excluding steroid dienone is 3. The first-order chi connectivity index (χ1) is 15.2. The molecule has 6 heteroatoms. The molecule has 0 saturated carbocycles. The van der Waals surface area contributed by atoms with Gasteiger partial charge in [0.05, 0.1) is 32.7 Å². The lowest BCUT2D eigenvalue weighted by Crippen LogP contribution is -2.45. The van der Waals surface area contributed by atoms with Gasteiger partial charge in [0, 0.05) is 0 Å². The summed E-state index contributed by atoms with van der Waals surface area (Å²) < 4.78 is 28.0. The number of rotatable bonds is 8. The lowest BCUT2D eigenvalue weighted by molar-refractivity contribution is -0.135. The third kappa shape index (κ3) is 7.02. The molecule has 1 aliphatic rings. The molecule has 174 valence electrons. The number of esters is 1. The van der Waals surface area contributed by atoms with Crippen LogP contribution in [0.25, 0.3) is 6.08 Å². The molecule has 0 radical (unpaired) electrons. The average Bonchev–Trinajstić information content (AvgIpc) is 2.86. The Morgan fingerprint density at radius 3 is 2.59 bits per heavy atom. The van der Waals surface area contributed by atoms with Gasteiger partial charge in [0.2, 0.25) is 0 Å². The van der Waals surface area contributed by atoms with E-state index in [0.717, 1.165) is 11.1 Å². The van der Waals surface area contributed by atoms with Gasteiger partial charge in [-0.2, -0.15) is 0 Å². The first kappa shape index (κ1) is 25.3. The van der Waals surface area contributed by atoms with Crippen molar-refractivity contribution in [2.45, 2.75) is 46.3 Å². The number of hydrogen-bond donors (Lipinski definition) is 0. The quantitative estimate of drug-likeness (QED) is 0.180. The number of carbonyl (C=O) groups excluding carboxylic acids is 1. The second kappa shape index (κ2) is 11.6. The number of benzene rings is 1. The van der Waals surface area contributed by atoms with Crippen LogP contribution in [0, 0.1) is 0 Å². The van der Waals surface area contributed by atoms with Crippen molar-refractivity contribution in [3.05, 3.63) is 65.0 Å². The van der Waals surface area contributed by atoms with Crippen molar-refractivity contribution in [1.29, 1.82) is 0 Å². The fourth-order valence-corrected chi connectivity index (χ4v) is 3.05. The summed E-state index contributed by atoms with van der Waals surface area (Å²) in [7, 11) is 2.83. The molecule has 0 N–H and O–H groups in total. The third-order valence-electron chi connectivity index (χ3n) is 5.00. The summed E-state index contributed by atoms with van der Waals surface area (Å²) in [4.78, 5) is 11.9. The molecular formula is C26H34O6. The van der Waals surface area contributed by atoms with E-state index in [1.54, 1.807) is 0 Å². The van der Waals surface area contributed by atoms with Crippen LogP contribution in [0.5, 0.6) is 11.5 Å². The fraction of sp³-hybridized carbons (Fsp3) is 0.423. The molecule has 1 aromatic carbocycles. The van der Waals surface area contributed by atoms with Crippen LogP contribution in [0.4, 0.5) is 0 Å². The van der Waals surface area contributed by atoms with E-state index >= 15 is 0 Å². The van der Waals surface area contributed by atoms with E-state index in [4.69, 9.17) is 23.7 Å². The standard InChI is InChI=1S/C26H34O6/c1-18(2)13-14-30-24-17-31-22-12-11-20(15-23(22)32-26(24,4)5)10-8-9-19(3)21(16-28-6)25(27)29-7/h8-13,15-16,24H,14,17H2,1-7H3/b10-8+,19-9+,21-16+. The van der Waals surface area contributed by atoms with Crippen LogP contribution in [0.1, 0.15) is 40.2 Å². The van der Waals surface area contributed by atoms with Gasteiger partial charge >= 0.3 is 5.97 Å². The van der Waals surface area contributed by atoms with Crippen LogP contribution in [0.2, 0.25) is 0 Å². The maximum absolute atomic E-state index is 11.9. The maximum Gasteiger partial charge on any atom is 0.341 e. The molecule has 1 unspecified atom stereocenters. The van der Waals surface area contributed by atoms with E-state index < -0.39 is 11.6 Å². The monoisotopic (exact) mass is 442 g/mol. The summed E-state index contributed by atoms with van der Waals surface area (Å²) in [6.45, 7) is 10.8. The van der Waals surface area contributed by atoms with Gasteiger partial charge in [-0.25, -0.2) is 4.79 Å². The average molecular weight is 443 g/mol. The number of ether oxygens (including phenoxy) is 5. The number of carbonyl (C=O) groups is 1. The molecule has 32 heavy (non-hydrogen) atoms. The van der Waals surface area contributed by atoms with E-state index in [9.17, 15) is 4.79 Å². The Balaban J connectivity index is 2.17. The zero-order chi connectivity index (χ0) is 23.7. The first-order valence-corrected chi connectivity index (χ1v) is 10.6. The van der Waals surface area contributed by atoms with Crippen LogP contribution in [0.15, 0.2) is 59.4 Å². The van der Waals surface area contributed by atoms with Crippen molar-refractivity contribution in [3.63, 3.8) is 0 Å². The second-order valence-corrected chi connectivity index (χ2v) is 8.29. The Hall–Kier alpha value is -2.99. The Labute approximate surface area is 191 Å². The summed E-state index contributed by atoms with van der Waals surface area (Å²) in [5.74, 6) is 0.903. The van der Waals surface area contributed by atoms with E-state index in [1.807, 2.05) is 77.1 Å². The molecule has 0 spiro atoms. The molecule has 1 heterocycles. The van der Waals surface area contributed by atoms with Crippen LogP contribution < -0.4 is 9.47 Å². The predicted molar refractivity (Wildman–Crippen MR) is 126 cm³/mol. The number of methoxy groups -OCH3 is 2. The van der Waals surface area contributed by atoms with Crippen molar-refractivity contribution >= 4 is 12.0 Å². The Bertz CT molecular complexity index is 916. The second-order valence-electron chi connectivity index (χ2n) is 8.29. The van der Waals surface area contributed by atoms with Gasteiger partial charge in [-0.1, -0.05) is 35.9 Å². The van der Waals surface area contributed by atoms with Crippen molar-refractivity contribution in [3.8, 4) is 11.5 Å². The third-order valence-corrected chi connectivity index (χ3v) is 5.00. The van der Waals surface area contributed by atoms with Gasteiger partial charge in [-0.3, -0.25) is 0 Å². The largest absolute Gasteiger partial charge is 0.503 e. The van der Waals surface area contributed by atoms with Crippen LogP contribution in [0.3, 0.4) is 0 Å². The normalized spacial score (nSPS) is 18.2. The summed E-state index contributed by atoms with van der Waals surface area (Å²) >= 11 is 0. The predicted octanol–water partition coefficient (Wildman–Crippen LogP) is 5.25. The minimum absolute atomic E-state index is 0.209. The lowest BCUT2D eigenvalue weighted by atomic mass is 10.0. The molecule has 0 amide bonds. The molecule has 2 rings (SSSR count). The number of fused-ring (bicyclic) bond motifs is 1. The fourth-order valence-electron chi connectivity index (χ4n) is 3.05. The highest BCUT2D eigenvalue weighted by molar-refractivity contribution is 5.93. The van der Waals surface area contributed by atoms with Gasteiger partial charge in [-0.15, -0.1) is 0 Å².